The fourth-order valence-electron chi connectivity index (χ4n) is 3.55. The lowest BCUT2D eigenvalue weighted by molar-refractivity contribution is 0.0636. The van der Waals surface area contributed by atoms with Gasteiger partial charge in [0.25, 0.3) is 11.8 Å². The van der Waals surface area contributed by atoms with Crippen molar-refractivity contribution in [1.29, 1.82) is 0 Å². The highest BCUT2D eigenvalue weighted by molar-refractivity contribution is 6.22. The third-order valence-electron chi connectivity index (χ3n) is 4.69. The number of amides is 4. The third-order valence-corrected chi connectivity index (χ3v) is 4.69. The van der Waals surface area contributed by atoms with E-state index in [0.29, 0.717) is 23.4 Å². The Kier molecular flexibility index (Phi) is 5.23. The van der Waals surface area contributed by atoms with Gasteiger partial charge < -0.3 is 10.6 Å². The maximum Gasteiger partial charge on any atom is 0.323 e. The molecule has 6 nitrogen and oxygen atoms in total. The van der Waals surface area contributed by atoms with Crippen LogP contribution < -0.4 is 10.6 Å². The molecule has 0 radical (unpaired) electrons. The van der Waals surface area contributed by atoms with Crippen LogP contribution in [0.25, 0.3) is 0 Å². The molecule has 146 valence electrons. The van der Waals surface area contributed by atoms with Gasteiger partial charge in [0.05, 0.1) is 11.1 Å². The SMILES string of the molecule is Cc1cc(C)c(NC(=O)Nc2ccc3c(c2)C(=O)N(CC(C)C)C3=O)c(C)c1. The molecular formula is C22H25N3O3. The number of nitrogens with zero attached hydrogens (tertiary/aromatic N) is 1. The van der Waals surface area contributed by atoms with Crippen molar-refractivity contribution in [2.75, 3.05) is 17.2 Å². The number of carbonyl (C=O) groups excluding carboxylic acids is 3. The van der Waals surface area contributed by atoms with Crippen molar-refractivity contribution in [3.05, 3.63) is 58.1 Å². The van der Waals surface area contributed by atoms with Gasteiger partial charge in [-0.3, -0.25) is 14.5 Å². The van der Waals surface area contributed by atoms with E-state index < -0.39 is 6.03 Å². The van der Waals surface area contributed by atoms with Crippen molar-refractivity contribution < 1.29 is 14.4 Å². The smallest absolute Gasteiger partial charge is 0.308 e. The Morgan fingerprint density at radius 2 is 1.54 bits per heavy atom. The Labute approximate surface area is 164 Å². The Morgan fingerprint density at radius 1 is 0.929 bits per heavy atom. The van der Waals surface area contributed by atoms with Crippen LogP contribution in [0.15, 0.2) is 30.3 Å². The molecule has 1 aliphatic heterocycles. The molecule has 0 aliphatic carbocycles. The van der Waals surface area contributed by atoms with E-state index >= 15 is 0 Å². The van der Waals surface area contributed by atoms with Crippen molar-refractivity contribution in [2.24, 2.45) is 5.92 Å². The molecule has 0 fully saturated rings. The second kappa shape index (κ2) is 7.46. The number of carbonyl (C=O) groups is 3. The summed E-state index contributed by atoms with van der Waals surface area (Å²) < 4.78 is 0. The zero-order valence-corrected chi connectivity index (χ0v) is 16.8. The van der Waals surface area contributed by atoms with Crippen LogP contribution in [0.2, 0.25) is 0 Å². The van der Waals surface area contributed by atoms with Crippen molar-refractivity contribution >= 4 is 29.2 Å². The van der Waals surface area contributed by atoms with Crippen molar-refractivity contribution in [3.63, 3.8) is 0 Å². The van der Waals surface area contributed by atoms with Gasteiger partial charge in [-0.25, -0.2) is 4.79 Å². The topological polar surface area (TPSA) is 78.5 Å². The highest BCUT2D eigenvalue weighted by Gasteiger charge is 2.35. The van der Waals surface area contributed by atoms with Gasteiger partial charge in [-0.2, -0.15) is 0 Å². The number of imide groups is 1. The zero-order chi connectivity index (χ0) is 20.6. The number of anilines is 2. The average Bonchev–Trinajstić information content (AvgIpc) is 2.82. The van der Waals surface area contributed by atoms with Gasteiger partial charge in [-0.15, -0.1) is 0 Å². The van der Waals surface area contributed by atoms with Gasteiger partial charge >= 0.3 is 6.03 Å². The lowest BCUT2D eigenvalue weighted by atomic mass is 10.1. The molecule has 1 heterocycles. The molecule has 6 heteroatoms. The minimum Gasteiger partial charge on any atom is -0.308 e. The summed E-state index contributed by atoms with van der Waals surface area (Å²) in [5, 5.41) is 5.61. The van der Waals surface area contributed by atoms with Crippen molar-refractivity contribution in [2.45, 2.75) is 34.6 Å². The minimum absolute atomic E-state index is 0.187. The highest BCUT2D eigenvalue weighted by Crippen LogP contribution is 2.27. The third kappa shape index (κ3) is 3.76. The Balaban J connectivity index is 1.77. The molecule has 1 aliphatic rings. The molecule has 28 heavy (non-hydrogen) atoms. The molecule has 2 aromatic rings. The minimum atomic E-state index is -0.397. The monoisotopic (exact) mass is 379 g/mol. The lowest BCUT2D eigenvalue weighted by Crippen LogP contribution is -2.33. The zero-order valence-electron chi connectivity index (χ0n) is 16.8. The largest absolute Gasteiger partial charge is 0.323 e. The molecule has 0 bridgehead atoms. The summed E-state index contributed by atoms with van der Waals surface area (Å²) in [4.78, 5) is 38.7. The number of rotatable bonds is 4. The number of hydrogen-bond donors (Lipinski definition) is 2. The van der Waals surface area contributed by atoms with Crippen LogP contribution >= 0.6 is 0 Å². The van der Waals surface area contributed by atoms with Crippen LogP contribution in [0.4, 0.5) is 16.2 Å². The molecular weight excluding hydrogens is 354 g/mol. The summed E-state index contributed by atoms with van der Waals surface area (Å²) in [5.74, 6) is -0.412. The van der Waals surface area contributed by atoms with Crippen LogP contribution in [0, 0.1) is 26.7 Å². The van der Waals surface area contributed by atoms with Gasteiger partial charge in [-0.05, 0) is 56.0 Å². The maximum absolute atomic E-state index is 12.6. The molecule has 3 rings (SSSR count). The predicted molar refractivity (Wildman–Crippen MR) is 110 cm³/mol. The Hall–Kier alpha value is -3.15. The summed E-state index contributed by atoms with van der Waals surface area (Å²) in [6, 6.07) is 8.40. The molecule has 0 unspecified atom stereocenters. The molecule has 0 saturated carbocycles. The maximum atomic E-state index is 12.6. The molecule has 0 aromatic heterocycles. The van der Waals surface area contributed by atoms with E-state index in [1.165, 1.54) is 4.90 Å². The Morgan fingerprint density at radius 3 is 2.14 bits per heavy atom. The molecule has 0 atom stereocenters. The van der Waals surface area contributed by atoms with E-state index in [-0.39, 0.29) is 17.7 Å². The lowest BCUT2D eigenvalue weighted by Gasteiger charge is -2.15. The van der Waals surface area contributed by atoms with Gasteiger partial charge in [-0.1, -0.05) is 31.5 Å². The summed E-state index contributed by atoms with van der Waals surface area (Å²) >= 11 is 0. The second-order valence-electron chi connectivity index (χ2n) is 7.73. The number of benzene rings is 2. The van der Waals surface area contributed by atoms with Crippen molar-refractivity contribution in [3.8, 4) is 0 Å². The first-order valence-corrected chi connectivity index (χ1v) is 9.33. The number of fused-ring (bicyclic) bond motifs is 1. The van der Waals surface area contributed by atoms with Gasteiger partial charge in [0, 0.05) is 17.9 Å². The average molecular weight is 379 g/mol. The standard InChI is InChI=1S/C22H25N3O3/c1-12(2)11-25-20(26)17-7-6-16(10-18(17)21(25)27)23-22(28)24-19-14(4)8-13(3)9-15(19)5/h6-10,12H,11H2,1-5H3,(H2,23,24,28). The van der Waals surface area contributed by atoms with E-state index in [9.17, 15) is 14.4 Å². The van der Waals surface area contributed by atoms with E-state index in [1.807, 2.05) is 46.8 Å². The van der Waals surface area contributed by atoms with E-state index in [1.54, 1.807) is 18.2 Å². The quantitative estimate of drug-likeness (QED) is 0.767. The van der Waals surface area contributed by atoms with E-state index in [0.717, 1.165) is 22.4 Å². The second-order valence-corrected chi connectivity index (χ2v) is 7.73. The summed E-state index contributed by atoms with van der Waals surface area (Å²) in [7, 11) is 0. The van der Waals surface area contributed by atoms with Crippen LogP contribution in [-0.4, -0.2) is 29.3 Å². The van der Waals surface area contributed by atoms with Crippen LogP contribution in [-0.2, 0) is 0 Å². The Bertz CT molecular complexity index is 956. The number of aryl methyl sites for hydroxylation is 3. The fourth-order valence-corrected chi connectivity index (χ4v) is 3.55. The summed E-state index contributed by atoms with van der Waals surface area (Å²) in [6.45, 7) is 10.2. The van der Waals surface area contributed by atoms with E-state index in [4.69, 9.17) is 0 Å². The first-order chi connectivity index (χ1) is 13.2. The predicted octanol–water partition coefficient (Wildman–Crippen LogP) is 4.51. The highest BCUT2D eigenvalue weighted by atomic mass is 16.2. The first kappa shape index (κ1) is 19.6. The molecule has 2 aromatic carbocycles. The van der Waals surface area contributed by atoms with Crippen LogP contribution in [0.5, 0.6) is 0 Å². The number of hydrogen-bond acceptors (Lipinski definition) is 3. The molecule has 0 saturated heterocycles. The van der Waals surface area contributed by atoms with Gasteiger partial charge in [0.1, 0.15) is 0 Å². The van der Waals surface area contributed by atoms with Gasteiger partial charge in [0.2, 0.25) is 0 Å². The normalized spacial score (nSPS) is 13.1. The van der Waals surface area contributed by atoms with E-state index in [2.05, 4.69) is 10.6 Å². The number of nitrogens with one attached hydrogen (secondary N) is 2. The van der Waals surface area contributed by atoms with Crippen LogP contribution in [0.3, 0.4) is 0 Å². The summed E-state index contributed by atoms with van der Waals surface area (Å²) in [5.41, 5.74) is 5.02. The fraction of sp³-hybridized carbons (Fsp3) is 0.318. The molecule has 4 amide bonds. The van der Waals surface area contributed by atoms with Crippen LogP contribution in [0.1, 0.15) is 51.3 Å². The van der Waals surface area contributed by atoms with Gasteiger partial charge in [0.15, 0.2) is 0 Å². The summed E-state index contributed by atoms with van der Waals surface area (Å²) in [6.07, 6.45) is 0. The first-order valence-electron chi connectivity index (χ1n) is 9.33. The molecule has 2 N–H and O–H groups in total. The molecule has 0 spiro atoms. The number of urea groups is 1. The van der Waals surface area contributed by atoms with Crippen molar-refractivity contribution in [1.82, 2.24) is 4.90 Å².